The first kappa shape index (κ1) is 26.3. The zero-order chi connectivity index (χ0) is 28.9. The molecule has 6 rings (SSSR count). The van der Waals surface area contributed by atoms with E-state index in [-0.39, 0.29) is 17.9 Å². The molecule has 1 unspecified atom stereocenters. The summed E-state index contributed by atoms with van der Waals surface area (Å²) in [5.41, 5.74) is 1.48. The van der Waals surface area contributed by atoms with Gasteiger partial charge in [0, 0.05) is 27.4 Å². The third-order valence-corrected chi connectivity index (χ3v) is 7.16. The summed E-state index contributed by atoms with van der Waals surface area (Å²) >= 11 is 6.24. The van der Waals surface area contributed by atoms with E-state index < -0.39 is 23.8 Å². The van der Waals surface area contributed by atoms with Crippen molar-refractivity contribution in [2.24, 2.45) is 0 Å². The minimum absolute atomic E-state index is 0.118. The molecule has 0 fully saturated rings. The number of halogens is 3. The van der Waals surface area contributed by atoms with E-state index in [4.69, 9.17) is 16.7 Å². The SMILES string of the molecule is O=C(O)Nc1ccc(-c2cnc(C3(O)CCc4cc(-c5cc(Cl)ccc5-n5cc(C(F)F)nn5)c[n+]([O-])c43)[nH]2)cc1. The van der Waals surface area contributed by atoms with E-state index in [1.54, 1.807) is 48.5 Å². The summed E-state index contributed by atoms with van der Waals surface area (Å²) in [6, 6.07) is 13.1. The number of H-pyrrole nitrogens is 1. The molecule has 3 heterocycles. The fourth-order valence-corrected chi connectivity index (χ4v) is 5.22. The van der Waals surface area contributed by atoms with E-state index in [0.29, 0.717) is 55.5 Å². The van der Waals surface area contributed by atoms with E-state index in [0.717, 1.165) is 6.20 Å². The zero-order valence-electron chi connectivity index (χ0n) is 20.9. The predicted molar refractivity (Wildman–Crippen MR) is 143 cm³/mol. The average Bonchev–Trinajstić information content (AvgIpc) is 3.69. The van der Waals surface area contributed by atoms with Crippen molar-refractivity contribution in [3.8, 4) is 28.1 Å². The second kappa shape index (κ2) is 9.94. The van der Waals surface area contributed by atoms with Crippen LogP contribution in [0.25, 0.3) is 28.1 Å². The van der Waals surface area contributed by atoms with Gasteiger partial charge in [0.15, 0.2) is 6.20 Å². The van der Waals surface area contributed by atoms with Crippen molar-refractivity contribution in [2.45, 2.75) is 24.9 Å². The lowest BCUT2D eigenvalue weighted by molar-refractivity contribution is -0.620. The standard InChI is InChI=1S/C27H20ClF2N7O4/c28-17-3-6-22(36-13-21(24(29)30)34-35-36)19(10-17)16-9-15-7-8-27(40,23(15)37(41)12-16)25-31-11-20(33-25)14-1-4-18(5-2-14)32-26(38)39/h1-6,9-13,24,32,40H,7-8H2,(H,31,33)(H,38,39). The molecule has 0 saturated carbocycles. The number of alkyl halides is 2. The average molecular weight is 580 g/mol. The van der Waals surface area contributed by atoms with Crippen molar-refractivity contribution in [1.82, 2.24) is 25.0 Å². The number of carboxylic acid groups (broad SMARTS) is 1. The maximum absolute atomic E-state index is 13.4. The molecule has 208 valence electrons. The number of benzene rings is 2. The van der Waals surface area contributed by atoms with Gasteiger partial charge in [-0.05, 0) is 54.8 Å². The number of aromatic nitrogens is 6. The van der Waals surface area contributed by atoms with Crippen LogP contribution in [0.15, 0.2) is 67.1 Å². The second-order valence-electron chi connectivity index (χ2n) is 9.49. The topological polar surface area (TPSA) is 156 Å². The minimum Gasteiger partial charge on any atom is -0.618 e. The molecule has 0 radical (unpaired) electrons. The predicted octanol–water partition coefficient (Wildman–Crippen LogP) is 4.82. The lowest BCUT2D eigenvalue weighted by Crippen LogP contribution is -2.42. The molecule has 0 spiro atoms. The highest BCUT2D eigenvalue weighted by Gasteiger charge is 2.48. The summed E-state index contributed by atoms with van der Waals surface area (Å²) < 4.78 is 28.0. The number of amides is 1. The number of carbonyl (C=O) groups is 1. The lowest BCUT2D eigenvalue weighted by Gasteiger charge is -2.20. The normalized spacial score (nSPS) is 16.2. The Balaban J connectivity index is 1.35. The number of pyridine rings is 1. The van der Waals surface area contributed by atoms with Crippen molar-refractivity contribution in [3.63, 3.8) is 0 Å². The first-order valence-electron chi connectivity index (χ1n) is 12.3. The van der Waals surface area contributed by atoms with Crippen LogP contribution in [0.2, 0.25) is 5.02 Å². The molecule has 0 saturated heterocycles. The number of rotatable bonds is 6. The molecule has 1 amide bonds. The van der Waals surface area contributed by atoms with Gasteiger partial charge in [-0.2, -0.15) is 4.73 Å². The molecule has 1 aliphatic carbocycles. The number of hydrogen-bond acceptors (Lipinski definition) is 6. The molecule has 1 atom stereocenters. The highest BCUT2D eigenvalue weighted by Crippen LogP contribution is 2.41. The van der Waals surface area contributed by atoms with Gasteiger partial charge in [0.05, 0.1) is 23.8 Å². The Labute approximate surface area is 235 Å². The summed E-state index contributed by atoms with van der Waals surface area (Å²) in [5.74, 6) is 0.182. The van der Waals surface area contributed by atoms with Crippen LogP contribution in [-0.2, 0) is 12.0 Å². The fourth-order valence-electron chi connectivity index (χ4n) is 5.04. The van der Waals surface area contributed by atoms with Crippen molar-refractivity contribution in [1.29, 1.82) is 0 Å². The van der Waals surface area contributed by atoms with Crippen LogP contribution in [0.4, 0.5) is 19.3 Å². The highest BCUT2D eigenvalue weighted by atomic mass is 35.5. The zero-order valence-corrected chi connectivity index (χ0v) is 21.7. The van der Waals surface area contributed by atoms with Crippen LogP contribution in [0, 0.1) is 5.21 Å². The number of fused-ring (bicyclic) bond motifs is 1. The number of aryl methyl sites for hydroxylation is 1. The number of aromatic amines is 1. The summed E-state index contributed by atoms with van der Waals surface area (Å²) in [6.07, 6.45) is 0.499. The van der Waals surface area contributed by atoms with Gasteiger partial charge < -0.3 is 20.4 Å². The molecule has 14 heteroatoms. The smallest absolute Gasteiger partial charge is 0.409 e. The summed E-state index contributed by atoms with van der Waals surface area (Å²) in [6.45, 7) is 0. The Morgan fingerprint density at radius 1 is 1.20 bits per heavy atom. The van der Waals surface area contributed by atoms with Gasteiger partial charge in [-0.25, -0.2) is 23.2 Å². The molecule has 0 aliphatic heterocycles. The summed E-state index contributed by atoms with van der Waals surface area (Å²) in [7, 11) is 0. The van der Waals surface area contributed by atoms with Gasteiger partial charge in [0.2, 0.25) is 11.3 Å². The Bertz CT molecular complexity index is 1790. The second-order valence-corrected chi connectivity index (χ2v) is 9.93. The third kappa shape index (κ3) is 4.74. The van der Waals surface area contributed by atoms with Crippen LogP contribution in [0.3, 0.4) is 0 Å². The third-order valence-electron chi connectivity index (χ3n) is 6.92. The molecule has 1 aliphatic rings. The van der Waals surface area contributed by atoms with Crippen LogP contribution >= 0.6 is 11.6 Å². The monoisotopic (exact) mass is 579 g/mol. The fraction of sp³-hybridized carbons (Fsp3) is 0.148. The molecule has 2 aromatic carbocycles. The molecule has 11 nitrogen and oxygen atoms in total. The van der Waals surface area contributed by atoms with Crippen LogP contribution < -0.4 is 10.0 Å². The van der Waals surface area contributed by atoms with Gasteiger partial charge in [0.25, 0.3) is 6.43 Å². The van der Waals surface area contributed by atoms with E-state index in [2.05, 4.69) is 25.6 Å². The van der Waals surface area contributed by atoms with E-state index in [1.807, 2.05) is 0 Å². The summed E-state index contributed by atoms with van der Waals surface area (Å²) in [5, 5.41) is 43.9. The number of anilines is 1. The maximum Gasteiger partial charge on any atom is 0.409 e. The van der Waals surface area contributed by atoms with Crippen LogP contribution in [0.5, 0.6) is 0 Å². The summed E-state index contributed by atoms with van der Waals surface area (Å²) in [4.78, 5) is 18.3. The minimum atomic E-state index is -2.80. The first-order chi connectivity index (χ1) is 19.6. The molecule has 0 bridgehead atoms. The van der Waals surface area contributed by atoms with Crippen molar-refractivity contribution >= 4 is 23.4 Å². The number of hydrogen-bond donors (Lipinski definition) is 4. The van der Waals surface area contributed by atoms with Crippen LogP contribution in [-0.4, -0.2) is 41.3 Å². The van der Waals surface area contributed by atoms with E-state index in [9.17, 15) is 23.9 Å². The van der Waals surface area contributed by atoms with E-state index in [1.165, 1.54) is 17.1 Å². The Morgan fingerprint density at radius 3 is 2.68 bits per heavy atom. The Kier molecular flexibility index (Phi) is 6.39. The van der Waals surface area contributed by atoms with Gasteiger partial charge in [-0.1, -0.05) is 28.9 Å². The van der Waals surface area contributed by atoms with Crippen molar-refractivity contribution in [2.75, 3.05) is 5.32 Å². The Hall–Kier alpha value is -4.88. The number of aliphatic hydroxyl groups is 1. The molecular formula is C27H20ClF2N7O4. The van der Waals surface area contributed by atoms with Gasteiger partial charge in [-0.3, -0.25) is 5.32 Å². The Morgan fingerprint density at radius 2 is 1.98 bits per heavy atom. The first-order valence-corrected chi connectivity index (χ1v) is 12.7. The number of nitrogens with one attached hydrogen (secondary N) is 2. The van der Waals surface area contributed by atoms with Crippen molar-refractivity contribution in [3.05, 3.63) is 100 Å². The molecule has 3 aromatic heterocycles. The van der Waals surface area contributed by atoms with Crippen molar-refractivity contribution < 1.29 is 28.5 Å². The quantitative estimate of drug-likeness (QED) is 0.166. The van der Waals surface area contributed by atoms with Gasteiger partial charge >= 0.3 is 6.09 Å². The molecule has 5 aromatic rings. The van der Waals surface area contributed by atoms with Gasteiger partial charge in [-0.15, -0.1) is 5.10 Å². The van der Waals surface area contributed by atoms with Crippen LogP contribution in [0.1, 0.15) is 35.6 Å². The molecule has 4 N–H and O–H groups in total. The molecule has 41 heavy (non-hydrogen) atoms. The number of imidazole rings is 1. The molecular weight excluding hydrogens is 560 g/mol. The maximum atomic E-state index is 13.4. The van der Waals surface area contributed by atoms with E-state index >= 15 is 0 Å². The van der Waals surface area contributed by atoms with Gasteiger partial charge in [0.1, 0.15) is 11.5 Å². The number of nitrogens with zero attached hydrogens (tertiary/aromatic N) is 5. The largest absolute Gasteiger partial charge is 0.618 e. The lowest BCUT2D eigenvalue weighted by atomic mass is 9.98. The highest BCUT2D eigenvalue weighted by molar-refractivity contribution is 6.31.